The third kappa shape index (κ3) is 5.13. The summed E-state index contributed by atoms with van der Waals surface area (Å²) in [5.41, 5.74) is 2.39. The Morgan fingerprint density at radius 2 is 2.19 bits per heavy atom. The van der Waals surface area contributed by atoms with Gasteiger partial charge in [0.25, 0.3) is 0 Å². The number of aromatic nitrogens is 1. The van der Waals surface area contributed by atoms with Gasteiger partial charge in [-0.1, -0.05) is 0 Å². The highest BCUT2D eigenvalue weighted by Crippen LogP contribution is 2.19. The van der Waals surface area contributed by atoms with Crippen LogP contribution in [-0.4, -0.2) is 28.6 Å². The monoisotopic (exact) mass is 340 g/mol. The third-order valence-electron chi connectivity index (χ3n) is 3.15. The molecule has 2 aromatic heterocycles. The van der Waals surface area contributed by atoms with Crippen LogP contribution in [0.25, 0.3) is 0 Å². The van der Waals surface area contributed by atoms with Crippen molar-refractivity contribution in [2.75, 3.05) is 12.8 Å². The molecule has 0 N–H and O–H groups in total. The van der Waals surface area contributed by atoms with Crippen LogP contribution in [0, 0.1) is 13.8 Å². The van der Waals surface area contributed by atoms with Crippen molar-refractivity contribution in [3.05, 3.63) is 38.0 Å². The van der Waals surface area contributed by atoms with Gasteiger partial charge in [0.05, 0.1) is 17.2 Å². The third-order valence-corrected chi connectivity index (χ3v) is 5.97. The van der Waals surface area contributed by atoms with Crippen LogP contribution >= 0.6 is 34.4 Å². The Bertz CT molecular complexity index is 591. The van der Waals surface area contributed by atoms with Crippen LogP contribution in [0.1, 0.15) is 27.6 Å². The van der Waals surface area contributed by atoms with Crippen molar-refractivity contribution in [1.29, 1.82) is 0 Å². The fourth-order valence-electron chi connectivity index (χ4n) is 1.87. The van der Waals surface area contributed by atoms with Gasteiger partial charge in [0.15, 0.2) is 0 Å². The van der Waals surface area contributed by atoms with E-state index in [2.05, 4.69) is 28.7 Å². The average Bonchev–Trinajstić information content (AvgIpc) is 3.04. The molecule has 0 atom stereocenters. The summed E-state index contributed by atoms with van der Waals surface area (Å²) >= 11 is 5.17. The molecule has 114 valence electrons. The Kier molecular flexibility index (Phi) is 6.26. The molecule has 0 aliphatic heterocycles. The van der Waals surface area contributed by atoms with Gasteiger partial charge in [0, 0.05) is 35.2 Å². The molecule has 0 bridgehead atoms. The van der Waals surface area contributed by atoms with E-state index in [1.54, 1.807) is 34.4 Å². The quantitative estimate of drug-likeness (QED) is 0.711. The summed E-state index contributed by atoms with van der Waals surface area (Å²) in [6.45, 7) is 4.83. The molecule has 2 rings (SSSR count). The Hall–Kier alpha value is -0.850. The average molecular weight is 341 g/mol. The minimum atomic E-state index is 0.213. The first-order valence-corrected chi connectivity index (χ1v) is 9.73. The van der Waals surface area contributed by atoms with Gasteiger partial charge in [-0.2, -0.15) is 11.8 Å². The number of thiazole rings is 1. The fraction of sp³-hybridized carbons (Fsp3) is 0.467. The lowest BCUT2D eigenvalue weighted by Crippen LogP contribution is -2.26. The highest BCUT2D eigenvalue weighted by Gasteiger charge is 2.11. The normalized spacial score (nSPS) is 10.8. The predicted molar refractivity (Wildman–Crippen MR) is 93.2 cm³/mol. The maximum atomic E-state index is 12.1. The van der Waals surface area contributed by atoms with Gasteiger partial charge in [0.2, 0.25) is 5.91 Å². The molecule has 0 saturated carbocycles. The van der Waals surface area contributed by atoms with E-state index < -0.39 is 0 Å². The maximum Gasteiger partial charge on any atom is 0.223 e. The number of carbonyl (C=O) groups excluding carboxylic acids is 1. The number of nitrogens with zero attached hydrogens (tertiary/aromatic N) is 2. The summed E-state index contributed by atoms with van der Waals surface area (Å²) in [6.07, 6.45) is 0.592. The highest BCUT2D eigenvalue weighted by molar-refractivity contribution is 7.98. The molecular formula is C15H20N2OS3. The fourth-order valence-corrected chi connectivity index (χ4v) is 4.37. The second-order valence-corrected chi connectivity index (χ2v) is 8.11. The van der Waals surface area contributed by atoms with Crippen molar-refractivity contribution in [1.82, 2.24) is 9.88 Å². The molecule has 0 fully saturated rings. The number of carbonyl (C=O) groups is 1. The number of amides is 1. The van der Waals surface area contributed by atoms with Crippen LogP contribution in [-0.2, 0) is 17.1 Å². The van der Waals surface area contributed by atoms with Gasteiger partial charge < -0.3 is 4.90 Å². The zero-order chi connectivity index (χ0) is 15.2. The largest absolute Gasteiger partial charge is 0.341 e. The number of aryl methyl sites for hydroxylation is 2. The first-order valence-electron chi connectivity index (χ1n) is 6.82. The van der Waals surface area contributed by atoms with E-state index in [0.29, 0.717) is 6.42 Å². The first-order chi connectivity index (χ1) is 10.1. The summed E-state index contributed by atoms with van der Waals surface area (Å²) in [7, 11) is 1.88. The SMILES string of the molecule is Cc1nc(CSCCC(=O)N(C)Cc2sccc2C)cs1. The molecule has 0 unspecified atom stereocenters. The van der Waals surface area contributed by atoms with Crippen LogP contribution in [0.3, 0.4) is 0 Å². The van der Waals surface area contributed by atoms with Crippen molar-refractivity contribution in [3.8, 4) is 0 Å². The van der Waals surface area contributed by atoms with Crippen molar-refractivity contribution in [3.63, 3.8) is 0 Å². The number of thioether (sulfide) groups is 1. The standard InChI is InChI=1S/C15H20N2OS3/c1-11-4-7-20-14(11)8-17(3)15(18)5-6-19-9-13-10-21-12(2)16-13/h4,7,10H,5-6,8-9H2,1-3H3. The molecule has 0 radical (unpaired) electrons. The minimum Gasteiger partial charge on any atom is -0.341 e. The molecule has 0 spiro atoms. The molecule has 0 aliphatic rings. The molecule has 2 heterocycles. The summed E-state index contributed by atoms with van der Waals surface area (Å²) in [4.78, 5) is 19.6. The maximum absolute atomic E-state index is 12.1. The van der Waals surface area contributed by atoms with Gasteiger partial charge in [-0.05, 0) is 30.9 Å². The van der Waals surface area contributed by atoms with Crippen molar-refractivity contribution in [2.24, 2.45) is 0 Å². The Morgan fingerprint density at radius 3 is 2.81 bits per heavy atom. The van der Waals surface area contributed by atoms with E-state index in [1.807, 2.05) is 18.9 Å². The zero-order valence-corrected chi connectivity index (χ0v) is 15.0. The molecule has 0 saturated heterocycles. The molecule has 2 aromatic rings. The van der Waals surface area contributed by atoms with Crippen molar-refractivity contribution >= 4 is 40.3 Å². The van der Waals surface area contributed by atoms with E-state index in [0.717, 1.165) is 28.8 Å². The predicted octanol–water partition coefficient (Wildman–Crippen LogP) is 4.10. The number of hydrogen-bond donors (Lipinski definition) is 0. The lowest BCUT2D eigenvalue weighted by atomic mass is 10.3. The molecule has 0 aromatic carbocycles. The van der Waals surface area contributed by atoms with Crippen LogP contribution in [0.5, 0.6) is 0 Å². The second-order valence-electron chi connectivity index (χ2n) is 4.94. The lowest BCUT2D eigenvalue weighted by molar-refractivity contribution is -0.129. The van der Waals surface area contributed by atoms with Gasteiger partial charge in [0.1, 0.15) is 0 Å². The summed E-state index contributed by atoms with van der Waals surface area (Å²) < 4.78 is 0. The Balaban J connectivity index is 1.68. The van der Waals surface area contributed by atoms with Crippen LogP contribution in [0.2, 0.25) is 0 Å². The first kappa shape index (κ1) is 16.5. The zero-order valence-electron chi connectivity index (χ0n) is 12.6. The van der Waals surface area contributed by atoms with Crippen LogP contribution in [0.15, 0.2) is 16.8 Å². The molecule has 21 heavy (non-hydrogen) atoms. The van der Waals surface area contributed by atoms with Gasteiger partial charge >= 0.3 is 0 Å². The van der Waals surface area contributed by atoms with E-state index in [1.165, 1.54) is 10.4 Å². The van der Waals surface area contributed by atoms with Gasteiger partial charge in [-0.15, -0.1) is 22.7 Å². The minimum absolute atomic E-state index is 0.213. The van der Waals surface area contributed by atoms with Crippen molar-refractivity contribution in [2.45, 2.75) is 32.6 Å². The molecule has 3 nitrogen and oxygen atoms in total. The smallest absolute Gasteiger partial charge is 0.223 e. The highest BCUT2D eigenvalue weighted by atomic mass is 32.2. The number of rotatable bonds is 7. The Labute approximate surface area is 138 Å². The summed E-state index contributed by atoms with van der Waals surface area (Å²) in [5.74, 6) is 1.96. The summed E-state index contributed by atoms with van der Waals surface area (Å²) in [5, 5.41) is 5.28. The number of thiophene rings is 1. The Morgan fingerprint density at radius 1 is 1.38 bits per heavy atom. The topological polar surface area (TPSA) is 33.2 Å². The van der Waals surface area contributed by atoms with Gasteiger partial charge in [-0.25, -0.2) is 4.98 Å². The van der Waals surface area contributed by atoms with Crippen LogP contribution < -0.4 is 0 Å². The summed E-state index contributed by atoms with van der Waals surface area (Å²) in [6, 6.07) is 2.10. The molecule has 1 amide bonds. The van der Waals surface area contributed by atoms with Gasteiger partial charge in [-0.3, -0.25) is 4.79 Å². The van der Waals surface area contributed by atoms with E-state index in [-0.39, 0.29) is 5.91 Å². The molecule has 0 aliphatic carbocycles. The van der Waals surface area contributed by atoms with E-state index in [4.69, 9.17) is 0 Å². The van der Waals surface area contributed by atoms with E-state index in [9.17, 15) is 4.79 Å². The number of hydrogen-bond acceptors (Lipinski definition) is 5. The molecular weight excluding hydrogens is 320 g/mol. The molecule has 6 heteroatoms. The van der Waals surface area contributed by atoms with Crippen LogP contribution in [0.4, 0.5) is 0 Å². The van der Waals surface area contributed by atoms with Crippen molar-refractivity contribution < 1.29 is 4.79 Å². The second kappa shape index (κ2) is 7.96. The van der Waals surface area contributed by atoms with E-state index >= 15 is 0 Å². The lowest BCUT2D eigenvalue weighted by Gasteiger charge is -2.16.